The molecule has 2 aromatic rings. The minimum absolute atomic E-state index is 0.0138. The van der Waals surface area contributed by atoms with Crippen LogP contribution in [0, 0.1) is 10.1 Å². The predicted octanol–water partition coefficient (Wildman–Crippen LogP) is 3.11. The van der Waals surface area contributed by atoms with Gasteiger partial charge in [0.05, 0.1) is 11.0 Å². The van der Waals surface area contributed by atoms with Crippen LogP contribution in [-0.4, -0.2) is 42.0 Å². The van der Waals surface area contributed by atoms with Gasteiger partial charge in [-0.3, -0.25) is 10.1 Å². The molecule has 1 aliphatic carbocycles. The fraction of sp³-hybridized carbons (Fsp3) is 0.350. The summed E-state index contributed by atoms with van der Waals surface area (Å²) in [5.74, 6) is 0. The molecule has 1 fully saturated rings. The zero-order valence-electron chi connectivity index (χ0n) is 15.0. The molecule has 0 saturated carbocycles. The lowest BCUT2D eigenvalue weighted by Gasteiger charge is -2.36. The summed E-state index contributed by atoms with van der Waals surface area (Å²) in [5.41, 5.74) is 3.60. The van der Waals surface area contributed by atoms with Gasteiger partial charge in [0, 0.05) is 44.0 Å². The highest BCUT2D eigenvalue weighted by Crippen LogP contribution is 2.31. The molecule has 1 aliphatic heterocycles. The van der Waals surface area contributed by atoms with Gasteiger partial charge in [-0.2, -0.15) is 0 Å². The van der Waals surface area contributed by atoms with E-state index in [0.717, 1.165) is 18.5 Å². The van der Waals surface area contributed by atoms with Crippen LogP contribution in [0.2, 0.25) is 0 Å². The van der Waals surface area contributed by atoms with Crippen LogP contribution in [0.4, 0.5) is 16.2 Å². The predicted molar refractivity (Wildman–Crippen MR) is 103 cm³/mol. The lowest BCUT2D eigenvalue weighted by Crippen LogP contribution is -2.52. The van der Waals surface area contributed by atoms with E-state index in [-0.39, 0.29) is 17.8 Å². The van der Waals surface area contributed by atoms with Crippen LogP contribution in [0.3, 0.4) is 0 Å². The molecule has 4 rings (SSSR count). The summed E-state index contributed by atoms with van der Waals surface area (Å²) < 4.78 is 0. The number of amides is 2. The van der Waals surface area contributed by atoms with Gasteiger partial charge in [-0.05, 0) is 36.1 Å². The Morgan fingerprint density at radius 1 is 1.04 bits per heavy atom. The maximum Gasteiger partial charge on any atom is 0.318 e. The highest BCUT2D eigenvalue weighted by molar-refractivity contribution is 5.75. The lowest BCUT2D eigenvalue weighted by atomic mass is 10.1. The summed E-state index contributed by atoms with van der Waals surface area (Å²) in [5, 5.41) is 13.9. The van der Waals surface area contributed by atoms with Crippen molar-refractivity contribution in [3.8, 4) is 0 Å². The van der Waals surface area contributed by atoms with Crippen LogP contribution in [0.1, 0.15) is 23.6 Å². The number of nitrogens with one attached hydrogen (secondary N) is 1. The van der Waals surface area contributed by atoms with E-state index in [4.69, 9.17) is 0 Å². The molecule has 7 heteroatoms. The molecule has 7 nitrogen and oxygen atoms in total. The maximum absolute atomic E-state index is 12.6. The number of hydrogen-bond acceptors (Lipinski definition) is 4. The van der Waals surface area contributed by atoms with Crippen LogP contribution < -0.4 is 10.2 Å². The molecule has 2 aromatic carbocycles. The van der Waals surface area contributed by atoms with Crippen LogP contribution in [0.25, 0.3) is 0 Å². The molecule has 0 spiro atoms. The second kappa shape index (κ2) is 7.26. The highest BCUT2D eigenvalue weighted by Gasteiger charge is 2.27. The molecule has 2 amide bonds. The number of benzene rings is 2. The number of aryl methyl sites for hydroxylation is 1. The first-order chi connectivity index (χ1) is 13.1. The highest BCUT2D eigenvalue weighted by atomic mass is 16.6. The summed E-state index contributed by atoms with van der Waals surface area (Å²) in [6.45, 7) is 2.70. The summed E-state index contributed by atoms with van der Waals surface area (Å²) >= 11 is 0. The Kier molecular flexibility index (Phi) is 4.66. The Labute approximate surface area is 157 Å². The first kappa shape index (κ1) is 17.3. The number of rotatable bonds is 3. The van der Waals surface area contributed by atoms with Gasteiger partial charge in [0.2, 0.25) is 0 Å². The number of carbonyl (C=O) groups is 1. The molecule has 140 valence electrons. The number of hydrogen-bond donors (Lipinski definition) is 1. The minimum atomic E-state index is -0.396. The largest absolute Gasteiger partial charge is 0.368 e. The fourth-order valence-corrected chi connectivity index (χ4v) is 3.90. The normalized spacial score (nSPS) is 18.9. The average molecular weight is 366 g/mol. The van der Waals surface area contributed by atoms with Crippen molar-refractivity contribution in [1.29, 1.82) is 0 Å². The van der Waals surface area contributed by atoms with Crippen molar-refractivity contribution in [1.82, 2.24) is 10.2 Å². The Morgan fingerprint density at radius 2 is 1.74 bits per heavy atom. The van der Waals surface area contributed by atoms with E-state index in [2.05, 4.69) is 22.3 Å². The Bertz CT molecular complexity index is 845. The maximum atomic E-state index is 12.6. The topological polar surface area (TPSA) is 78.7 Å². The Hall–Kier alpha value is -3.09. The first-order valence-corrected chi connectivity index (χ1v) is 9.24. The van der Waals surface area contributed by atoms with Gasteiger partial charge in [-0.1, -0.05) is 24.3 Å². The second-order valence-electron chi connectivity index (χ2n) is 6.99. The lowest BCUT2D eigenvalue weighted by molar-refractivity contribution is -0.384. The van der Waals surface area contributed by atoms with Gasteiger partial charge in [0.1, 0.15) is 0 Å². The van der Waals surface area contributed by atoms with E-state index in [0.29, 0.717) is 26.2 Å². The zero-order valence-corrected chi connectivity index (χ0v) is 15.0. The number of nitrogens with zero attached hydrogens (tertiary/aromatic N) is 3. The number of nitro benzene ring substituents is 1. The average Bonchev–Trinajstić information content (AvgIpc) is 3.11. The van der Waals surface area contributed by atoms with Crippen LogP contribution in [-0.2, 0) is 6.42 Å². The molecule has 1 heterocycles. The van der Waals surface area contributed by atoms with Crippen LogP contribution in [0.15, 0.2) is 48.5 Å². The van der Waals surface area contributed by atoms with Gasteiger partial charge >= 0.3 is 6.03 Å². The third-order valence-electron chi connectivity index (χ3n) is 5.42. The number of nitro groups is 1. The van der Waals surface area contributed by atoms with E-state index < -0.39 is 4.92 Å². The standard InChI is InChI=1S/C20H22N4O3/c25-20(21-19-10-5-15-3-1-2-4-18(15)19)23-13-11-22(12-14-23)16-6-8-17(9-7-16)24(26)27/h1-4,6-9,19H,5,10-14H2,(H,21,25)/t19-/m1/s1. The van der Waals surface area contributed by atoms with E-state index in [1.807, 2.05) is 17.0 Å². The third-order valence-corrected chi connectivity index (χ3v) is 5.42. The smallest absolute Gasteiger partial charge is 0.318 e. The molecule has 27 heavy (non-hydrogen) atoms. The number of carbonyl (C=O) groups excluding carboxylic acids is 1. The molecule has 2 aliphatic rings. The van der Waals surface area contributed by atoms with Crippen molar-refractivity contribution in [3.05, 3.63) is 69.8 Å². The third kappa shape index (κ3) is 3.58. The second-order valence-corrected chi connectivity index (χ2v) is 6.99. The summed E-state index contributed by atoms with van der Waals surface area (Å²) in [4.78, 5) is 27.0. The van der Waals surface area contributed by atoms with Gasteiger partial charge < -0.3 is 15.1 Å². The quantitative estimate of drug-likeness (QED) is 0.669. The molecule has 0 bridgehead atoms. The summed E-state index contributed by atoms with van der Waals surface area (Å²) in [6.07, 6.45) is 1.96. The van der Waals surface area contributed by atoms with Crippen molar-refractivity contribution in [2.45, 2.75) is 18.9 Å². The van der Waals surface area contributed by atoms with E-state index >= 15 is 0 Å². The molecular weight excluding hydrogens is 344 g/mol. The molecule has 1 saturated heterocycles. The number of non-ortho nitro benzene ring substituents is 1. The fourth-order valence-electron chi connectivity index (χ4n) is 3.90. The summed E-state index contributed by atoms with van der Waals surface area (Å²) in [7, 11) is 0. The van der Waals surface area contributed by atoms with Crippen LogP contribution in [0.5, 0.6) is 0 Å². The first-order valence-electron chi connectivity index (χ1n) is 9.24. The minimum Gasteiger partial charge on any atom is -0.368 e. The number of anilines is 1. The monoisotopic (exact) mass is 366 g/mol. The van der Waals surface area contributed by atoms with Crippen molar-refractivity contribution in [2.75, 3.05) is 31.1 Å². The SMILES string of the molecule is O=C(N[C@@H]1CCc2ccccc21)N1CCN(c2ccc([N+](=O)[O-])cc2)CC1. The van der Waals surface area contributed by atoms with Crippen LogP contribution >= 0.6 is 0 Å². The summed E-state index contributed by atoms with van der Waals surface area (Å²) in [6, 6.07) is 14.9. The molecular formula is C20H22N4O3. The van der Waals surface area contributed by atoms with Crippen molar-refractivity contribution >= 4 is 17.4 Å². The Balaban J connectivity index is 1.32. The van der Waals surface area contributed by atoms with Crippen molar-refractivity contribution < 1.29 is 9.72 Å². The zero-order chi connectivity index (χ0) is 18.8. The number of fused-ring (bicyclic) bond motifs is 1. The molecule has 0 unspecified atom stereocenters. The molecule has 0 aromatic heterocycles. The van der Waals surface area contributed by atoms with Gasteiger partial charge in [0.25, 0.3) is 5.69 Å². The molecule has 1 atom stereocenters. The number of piperazine rings is 1. The molecule has 1 N–H and O–H groups in total. The van der Waals surface area contributed by atoms with Crippen molar-refractivity contribution in [3.63, 3.8) is 0 Å². The van der Waals surface area contributed by atoms with E-state index in [9.17, 15) is 14.9 Å². The Morgan fingerprint density at radius 3 is 2.44 bits per heavy atom. The van der Waals surface area contributed by atoms with Gasteiger partial charge in [0.15, 0.2) is 0 Å². The van der Waals surface area contributed by atoms with Gasteiger partial charge in [-0.15, -0.1) is 0 Å². The van der Waals surface area contributed by atoms with Gasteiger partial charge in [-0.25, -0.2) is 4.79 Å². The number of urea groups is 1. The van der Waals surface area contributed by atoms with Crippen molar-refractivity contribution in [2.24, 2.45) is 0 Å². The van der Waals surface area contributed by atoms with E-state index in [1.165, 1.54) is 23.3 Å². The molecule has 0 radical (unpaired) electrons. The van der Waals surface area contributed by atoms with E-state index in [1.54, 1.807) is 12.1 Å².